The fourth-order valence-electron chi connectivity index (χ4n) is 3.21. The van der Waals surface area contributed by atoms with Crippen LogP contribution in [0.2, 0.25) is 0 Å². The number of ether oxygens (including phenoxy) is 1. The molecular weight excluding hydrogens is 316 g/mol. The molecule has 5 heteroatoms. The number of amides is 3. The first-order valence-corrected chi connectivity index (χ1v) is 8.55. The third kappa shape index (κ3) is 3.36. The highest BCUT2D eigenvalue weighted by molar-refractivity contribution is 6.07. The number of hydrogen-bond donors (Lipinski definition) is 1. The van der Waals surface area contributed by atoms with Gasteiger partial charge < -0.3 is 10.1 Å². The second kappa shape index (κ2) is 7.38. The van der Waals surface area contributed by atoms with E-state index in [4.69, 9.17) is 4.74 Å². The van der Waals surface area contributed by atoms with Gasteiger partial charge in [0.1, 0.15) is 17.9 Å². The summed E-state index contributed by atoms with van der Waals surface area (Å²) in [4.78, 5) is 26.7. The summed E-state index contributed by atoms with van der Waals surface area (Å²) in [6.45, 7) is 2.49. The molecule has 0 bridgehead atoms. The van der Waals surface area contributed by atoms with Gasteiger partial charge in [-0.2, -0.15) is 0 Å². The van der Waals surface area contributed by atoms with Gasteiger partial charge in [0.05, 0.1) is 6.54 Å². The highest BCUT2D eigenvalue weighted by atomic mass is 16.5. The molecule has 3 rings (SSSR count). The molecule has 5 nitrogen and oxygen atoms in total. The number of carbonyl (C=O) groups excluding carboxylic acids is 2. The van der Waals surface area contributed by atoms with E-state index in [-0.39, 0.29) is 25.1 Å². The summed E-state index contributed by atoms with van der Waals surface area (Å²) >= 11 is 0. The molecule has 0 aliphatic carbocycles. The standard InChI is InChI=1S/C20H22N2O3/c1-2-13-20(16-9-5-3-6-10-16)18(23)22(19(24)21-20)14-15-25-17-11-7-4-8-12-17/h3-12H,2,13-15H2,1H3,(H,21,24)/t20-/m0/s1. The Labute approximate surface area is 147 Å². The van der Waals surface area contributed by atoms with Crippen molar-refractivity contribution in [2.24, 2.45) is 0 Å². The number of hydrogen-bond acceptors (Lipinski definition) is 3. The van der Waals surface area contributed by atoms with Gasteiger partial charge >= 0.3 is 6.03 Å². The van der Waals surface area contributed by atoms with Gasteiger partial charge in [-0.3, -0.25) is 9.69 Å². The molecule has 25 heavy (non-hydrogen) atoms. The van der Waals surface area contributed by atoms with Crippen molar-refractivity contribution in [1.82, 2.24) is 10.2 Å². The summed E-state index contributed by atoms with van der Waals surface area (Å²) in [5.41, 5.74) is -0.151. The van der Waals surface area contributed by atoms with Crippen molar-refractivity contribution in [2.45, 2.75) is 25.3 Å². The van der Waals surface area contributed by atoms with E-state index < -0.39 is 5.54 Å². The number of para-hydroxylation sites is 1. The molecule has 0 unspecified atom stereocenters. The number of urea groups is 1. The Morgan fingerprint density at radius 3 is 2.28 bits per heavy atom. The lowest BCUT2D eigenvalue weighted by Crippen LogP contribution is -2.44. The molecule has 2 aromatic rings. The minimum atomic E-state index is -0.972. The molecule has 0 aromatic heterocycles. The van der Waals surface area contributed by atoms with Crippen LogP contribution in [0.5, 0.6) is 5.75 Å². The van der Waals surface area contributed by atoms with Crippen molar-refractivity contribution >= 4 is 11.9 Å². The molecule has 0 spiro atoms. The van der Waals surface area contributed by atoms with Gasteiger partial charge in [-0.05, 0) is 24.1 Å². The van der Waals surface area contributed by atoms with Gasteiger partial charge in [0.2, 0.25) is 0 Å². The maximum absolute atomic E-state index is 13.1. The third-order valence-corrected chi connectivity index (χ3v) is 4.39. The van der Waals surface area contributed by atoms with Crippen LogP contribution in [0.15, 0.2) is 60.7 Å². The van der Waals surface area contributed by atoms with Crippen molar-refractivity contribution in [3.05, 3.63) is 66.2 Å². The van der Waals surface area contributed by atoms with Crippen LogP contribution in [-0.4, -0.2) is 30.0 Å². The Hall–Kier alpha value is -2.82. The number of benzene rings is 2. The van der Waals surface area contributed by atoms with E-state index >= 15 is 0 Å². The first-order valence-electron chi connectivity index (χ1n) is 8.55. The van der Waals surface area contributed by atoms with Gasteiger partial charge in [0.25, 0.3) is 5.91 Å². The van der Waals surface area contributed by atoms with E-state index in [1.165, 1.54) is 4.90 Å². The van der Waals surface area contributed by atoms with Crippen molar-refractivity contribution in [2.75, 3.05) is 13.2 Å². The van der Waals surface area contributed by atoms with Crippen LogP contribution in [-0.2, 0) is 10.3 Å². The number of nitrogens with one attached hydrogen (secondary N) is 1. The topological polar surface area (TPSA) is 58.6 Å². The number of carbonyl (C=O) groups is 2. The second-order valence-electron chi connectivity index (χ2n) is 6.07. The van der Waals surface area contributed by atoms with Gasteiger partial charge in [-0.15, -0.1) is 0 Å². The number of rotatable bonds is 7. The predicted molar refractivity (Wildman–Crippen MR) is 95.2 cm³/mol. The van der Waals surface area contributed by atoms with Crippen LogP contribution < -0.4 is 10.1 Å². The van der Waals surface area contributed by atoms with E-state index in [9.17, 15) is 9.59 Å². The van der Waals surface area contributed by atoms with Crippen molar-refractivity contribution in [1.29, 1.82) is 0 Å². The molecule has 0 radical (unpaired) electrons. The molecular formula is C20H22N2O3. The van der Waals surface area contributed by atoms with Crippen LogP contribution in [0.4, 0.5) is 4.79 Å². The van der Waals surface area contributed by atoms with Crippen LogP contribution in [0.3, 0.4) is 0 Å². The Balaban J connectivity index is 1.74. The summed E-state index contributed by atoms with van der Waals surface area (Å²) in [7, 11) is 0. The van der Waals surface area contributed by atoms with Gasteiger partial charge in [-0.1, -0.05) is 61.9 Å². The first kappa shape index (κ1) is 17.0. The van der Waals surface area contributed by atoms with E-state index in [1.54, 1.807) is 0 Å². The van der Waals surface area contributed by atoms with Crippen molar-refractivity contribution in [3.8, 4) is 5.75 Å². The smallest absolute Gasteiger partial charge is 0.325 e. The van der Waals surface area contributed by atoms with Crippen LogP contribution in [0, 0.1) is 0 Å². The molecule has 1 aliphatic heterocycles. The molecule has 0 saturated carbocycles. The fraction of sp³-hybridized carbons (Fsp3) is 0.300. The summed E-state index contributed by atoms with van der Waals surface area (Å²) in [5.74, 6) is 0.514. The van der Waals surface area contributed by atoms with Gasteiger partial charge in [0, 0.05) is 0 Å². The van der Waals surface area contributed by atoms with E-state index in [1.807, 2.05) is 67.6 Å². The normalized spacial score (nSPS) is 19.8. The summed E-state index contributed by atoms with van der Waals surface area (Å²) in [5, 5.41) is 2.92. The summed E-state index contributed by atoms with van der Waals surface area (Å²) in [6, 6.07) is 18.4. The molecule has 1 heterocycles. The lowest BCUT2D eigenvalue weighted by molar-refractivity contribution is -0.132. The average Bonchev–Trinajstić information content (AvgIpc) is 2.89. The molecule has 1 aliphatic rings. The zero-order chi connectivity index (χ0) is 17.7. The largest absolute Gasteiger partial charge is 0.492 e. The molecule has 1 atom stereocenters. The van der Waals surface area contributed by atoms with Crippen LogP contribution in [0.25, 0.3) is 0 Å². The maximum atomic E-state index is 13.1. The molecule has 1 N–H and O–H groups in total. The maximum Gasteiger partial charge on any atom is 0.325 e. The summed E-state index contributed by atoms with van der Waals surface area (Å²) < 4.78 is 5.62. The van der Waals surface area contributed by atoms with E-state index in [2.05, 4.69) is 5.32 Å². The monoisotopic (exact) mass is 338 g/mol. The van der Waals surface area contributed by atoms with Crippen molar-refractivity contribution < 1.29 is 14.3 Å². The fourth-order valence-corrected chi connectivity index (χ4v) is 3.21. The van der Waals surface area contributed by atoms with E-state index in [0.29, 0.717) is 6.42 Å². The first-order chi connectivity index (χ1) is 12.2. The Morgan fingerprint density at radius 2 is 1.64 bits per heavy atom. The Bertz CT molecular complexity index is 733. The number of nitrogens with zero attached hydrogens (tertiary/aromatic N) is 1. The molecule has 130 valence electrons. The van der Waals surface area contributed by atoms with Crippen LogP contribution >= 0.6 is 0 Å². The highest BCUT2D eigenvalue weighted by Crippen LogP contribution is 2.33. The van der Waals surface area contributed by atoms with Gasteiger partial charge in [-0.25, -0.2) is 4.79 Å². The zero-order valence-electron chi connectivity index (χ0n) is 14.3. The van der Waals surface area contributed by atoms with Gasteiger partial charge in [0.15, 0.2) is 0 Å². The molecule has 1 fully saturated rings. The molecule has 3 amide bonds. The molecule has 2 aromatic carbocycles. The second-order valence-corrected chi connectivity index (χ2v) is 6.07. The Kier molecular flexibility index (Phi) is 5.03. The lowest BCUT2D eigenvalue weighted by atomic mass is 9.85. The SMILES string of the molecule is CCC[C@@]1(c2ccccc2)NC(=O)N(CCOc2ccccc2)C1=O. The third-order valence-electron chi connectivity index (χ3n) is 4.39. The lowest BCUT2D eigenvalue weighted by Gasteiger charge is -2.27. The quantitative estimate of drug-likeness (QED) is 0.788. The van der Waals surface area contributed by atoms with Crippen LogP contribution in [0.1, 0.15) is 25.3 Å². The minimum absolute atomic E-state index is 0.206. The zero-order valence-corrected chi connectivity index (χ0v) is 14.3. The average molecular weight is 338 g/mol. The summed E-state index contributed by atoms with van der Waals surface area (Å²) in [6.07, 6.45) is 1.35. The molecule has 1 saturated heterocycles. The minimum Gasteiger partial charge on any atom is -0.492 e. The Morgan fingerprint density at radius 1 is 1.00 bits per heavy atom. The predicted octanol–water partition coefficient (Wildman–Crippen LogP) is 3.31. The number of imide groups is 1. The van der Waals surface area contributed by atoms with E-state index in [0.717, 1.165) is 17.7 Å². The van der Waals surface area contributed by atoms with Crippen molar-refractivity contribution in [3.63, 3.8) is 0 Å². The highest BCUT2D eigenvalue weighted by Gasteiger charge is 2.51.